The van der Waals surface area contributed by atoms with Crippen molar-refractivity contribution in [2.75, 3.05) is 18.4 Å². The van der Waals surface area contributed by atoms with E-state index in [2.05, 4.69) is 5.32 Å². The van der Waals surface area contributed by atoms with Gasteiger partial charge in [0.05, 0.1) is 15.7 Å². The highest BCUT2D eigenvalue weighted by Crippen LogP contribution is 2.31. The van der Waals surface area contributed by atoms with Gasteiger partial charge in [0.2, 0.25) is 11.8 Å². The van der Waals surface area contributed by atoms with Crippen LogP contribution in [0.1, 0.15) is 33.6 Å². The Morgan fingerprint density at radius 3 is 2.35 bits per heavy atom. The molecular weight excluding hydrogens is 335 g/mol. The molecule has 6 heteroatoms. The topological polar surface area (TPSA) is 49.4 Å². The Morgan fingerprint density at radius 1 is 1.17 bits per heavy atom. The molecule has 0 radical (unpaired) electrons. The predicted octanol–water partition coefficient (Wildman–Crippen LogP) is 4.22. The zero-order valence-electron chi connectivity index (χ0n) is 13.7. The van der Waals surface area contributed by atoms with Gasteiger partial charge in [0.1, 0.15) is 0 Å². The molecule has 0 spiro atoms. The van der Waals surface area contributed by atoms with Crippen molar-refractivity contribution in [1.82, 2.24) is 4.90 Å². The highest BCUT2D eigenvalue weighted by Gasteiger charge is 2.32. The second-order valence-corrected chi connectivity index (χ2v) is 7.69. The first kappa shape index (κ1) is 18.1. The Hall–Kier alpha value is -1.26. The van der Waals surface area contributed by atoms with Crippen LogP contribution < -0.4 is 5.32 Å². The van der Waals surface area contributed by atoms with Crippen molar-refractivity contribution >= 4 is 40.7 Å². The molecule has 2 amide bonds. The predicted molar refractivity (Wildman–Crippen MR) is 93.9 cm³/mol. The zero-order valence-corrected chi connectivity index (χ0v) is 15.2. The van der Waals surface area contributed by atoms with E-state index in [0.717, 1.165) is 0 Å². The molecule has 1 aliphatic rings. The fourth-order valence-corrected chi connectivity index (χ4v) is 3.00. The van der Waals surface area contributed by atoms with Crippen molar-refractivity contribution in [2.24, 2.45) is 11.3 Å². The first-order valence-electron chi connectivity index (χ1n) is 7.74. The highest BCUT2D eigenvalue weighted by molar-refractivity contribution is 6.44. The number of nitrogens with one attached hydrogen (secondary N) is 1. The summed E-state index contributed by atoms with van der Waals surface area (Å²) in [5.74, 6) is -0.0552. The van der Waals surface area contributed by atoms with Gasteiger partial charge in [0.25, 0.3) is 0 Å². The van der Waals surface area contributed by atoms with E-state index >= 15 is 0 Å². The average Bonchev–Trinajstić information content (AvgIpc) is 2.50. The van der Waals surface area contributed by atoms with Crippen LogP contribution in [0.25, 0.3) is 0 Å². The van der Waals surface area contributed by atoms with Crippen LogP contribution in [0, 0.1) is 11.3 Å². The van der Waals surface area contributed by atoms with Crippen molar-refractivity contribution in [3.8, 4) is 0 Å². The number of halogens is 2. The van der Waals surface area contributed by atoms with Crippen molar-refractivity contribution in [1.29, 1.82) is 0 Å². The molecule has 0 aromatic heterocycles. The minimum atomic E-state index is -0.386. The number of hydrogen-bond donors (Lipinski definition) is 1. The van der Waals surface area contributed by atoms with E-state index in [0.29, 0.717) is 41.7 Å². The first-order valence-corrected chi connectivity index (χ1v) is 8.50. The fourth-order valence-electron chi connectivity index (χ4n) is 2.65. The summed E-state index contributed by atoms with van der Waals surface area (Å²) in [6.07, 6.45) is 1.32. The number of nitrogens with zero attached hydrogens (tertiary/aromatic N) is 1. The summed E-state index contributed by atoms with van der Waals surface area (Å²) < 4.78 is 0. The number of amides is 2. The van der Waals surface area contributed by atoms with Gasteiger partial charge in [-0.15, -0.1) is 0 Å². The minimum Gasteiger partial charge on any atom is -0.342 e. The molecule has 0 bridgehead atoms. The van der Waals surface area contributed by atoms with Gasteiger partial charge in [-0.1, -0.05) is 50.0 Å². The Morgan fingerprint density at radius 2 is 1.78 bits per heavy atom. The van der Waals surface area contributed by atoms with E-state index < -0.39 is 0 Å². The molecule has 1 fully saturated rings. The highest BCUT2D eigenvalue weighted by atomic mass is 35.5. The van der Waals surface area contributed by atoms with Gasteiger partial charge in [-0.2, -0.15) is 0 Å². The lowest BCUT2D eigenvalue weighted by molar-refractivity contribution is -0.142. The SMILES string of the molecule is CC(C)(C)C(=O)N1CCC(C(=O)Nc2cccc(Cl)c2Cl)CC1. The Labute approximate surface area is 147 Å². The van der Waals surface area contributed by atoms with Gasteiger partial charge >= 0.3 is 0 Å². The maximum Gasteiger partial charge on any atom is 0.227 e. The summed E-state index contributed by atoms with van der Waals surface area (Å²) in [7, 11) is 0. The van der Waals surface area contributed by atoms with Crippen molar-refractivity contribution in [3.63, 3.8) is 0 Å². The van der Waals surface area contributed by atoms with E-state index in [1.165, 1.54) is 0 Å². The van der Waals surface area contributed by atoms with Crippen LogP contribution in [0.15, 0.2) is 18.2 Å². The summed E-state index contributed by atoms with van der Waals surface area (Å²) in [5, 5.41) is 3.60. The third-order valence-corrected chi connectivity index (χ3v) is 4.82. The van der Waals surface area contributed by atoms with E-state index in [9.17, 15) is 9.59 Å². The molecule has 126 valence electrons. The molecule has 1 saturated heterocycles. The maximum absolute atomic E-state index is 12.4. The maximum atomic E-state index is 12.4. The van der Waals surface area contributed by atoms with Gasteiger partial charge in [-0.25, -0.2) is 0 Å². The lowest BCUT2D eigenvalue weighted by Crippen LogP contribution is -2.45. The standard InChI is InChI=1S/C17H22Cl2N2O2/c1-17(2,3)16(23)21-9-7-11(8-10-21)15(22)20-13-6-4-5-12(18)14(13)19/h4-6,11H,7-10H2,1-3H3,(H,20,22). The van der Waals surface area contributed by atoms with E-state index in [1.807, 2.05) is 25.7 Å². The lowest BCUT2D eigenvalue weighted by Gasteiger charge is -2.35. The molecule has 1 N–H and O–H groups in total. The Bertz CT molecular complexity index is 603. The summed E-state index contributed by atoms with van der Waals surface area (Å²) in [4.78, 5) is 26.5. The zero-order chi connectivity index (χ0) is 17.2. The van der Waals surface area contributed by atoms with Crippen molar-refractivity contribution in [3.05, 3.63) is 28.2 Å². The smallest absolute Gasteiger partial charge is 0.227 e. The number of carbonyl (C=O) groups is 2. The summed E-state index contributed by atoms with van der Waals surface area (Å²) >= 11 is 12.0. The molecule has 1 aromatic carbocycles. The van der Waals surface area contributed by atoms with E-state index in [-0.39, 0.29) is 23.1 Å². The number of benzene rings is 1. The van der Waals surface area contributed by atoms with Crippen LogP contribution >= 0.6 is 23.2 Å². The Balaban J connectivity index is 1.94. The van der Waals surface area contributed by atoms with Gasteiger partial charge in [-0.3, -0.25) is 9.59 Å². The molecule has 1 heterocycles. The second kappa shape index (κ2) is 7.10. The first-order chi connectivity index (χ1) is 10.7. The van der Waals surface area contributed by atoms with Crippen LogP contribution in [-0.2, 0) is 9.59 Å². The van der Waals surface area contributed by atoms with Gasteiger partial charge in [0, 0.05) is 24.4 Å². The third kappa shape index (κ3) is 4.39. The number of rotatable bonds is 2. The fraction of sp³-hybridized carbons (Fsp3) is 0.529. The number of piperidine rings is 1. The summed E-state index contributed by atoms with van der Waals surface area (Å²) in [6.45, 7) is 6.95. The number of hydrogen-bond acceptors (Lipinski definition) is 2. The molecule has 4 nitrogen and oxygen atoms in total. The molecule has 0 aliphatic carbocycles. The van der Waals surface area contributed by atoms with Crippen LogP contribution in [0.2, 0.25) is 10.0 Å². The van der Waals surface area contributed by atoms with Crippen LogP contribution in [0.3, 0.4) is 0 Å². The van der Waals surface area contributed by atoms with Crippen molar-refractivity contribution in [2.45, 2.75) is 33.6 Å². The van der Waals surface area contributed by atoms with E-state index in [4.69, 9.17) is 23.2 Å². The second-order valence-electron chi connectivity index (χ2n) is 6.91. The molecule has 1 aliphatic heterocycles. The number of carbonyl (C=O) groups excluding carboxylic acids is 2. The minimum absolute atomic E-state index is 0.0722. The average molecular weight is 357 g/mol. The Kier molecular flexibility index (Phi) is 5.58. The van der Waals surface area contributed by atoms with Crippen LogP contribution in [-0.4, -0.2) is 29.8 Å². The number of anilines is 1. The van der Waals surface area contributed by atoms with Crippen molar-refractivity contribution < 1.29 is 9.59 Å². The lowest BCUT2D eigenvalue weighted by atomic mass is 9.90. The normalized spacial score (nSPS) is 16.3. The molecule has 0 atom stereocenters. The molecule has 2 rings (SSSR count). The van der Waals surface area contributed by atoms with E-state index in [1.54, 1.807) is 18.2 Å². The summed E-state index contributed by atoms with van der Waals surface area (Å²) in [6, 6.07) is 5.15. The number of likely N-dealkylation sites (tertiary alicyclic amines) is 1. The molecule has 0 unspecified atom stereocenters. The van der Waals surface area contributed by atoms with Crippen LogP contribution in [0.4, 0.5) is 5.69 Å². The van der Waals surface area contributed by atoms with Gasteiger partial charge in [0.15, 0.2) is 0 Å². The van der Waals surface area contributed by atoms with Crippen LogP contribution in [0.5, 0.6) is 0 Å². The molecular formula is C17H22Cl2N2O2. The largest absolute Gasteiger partial charge is 0.342 e. The molecule has 1 aromatic rings. The monoisotopic (exact) mass is 356 g/mol. The van der Waals surface area contributed by atoms with Gasteiger partial charge in [-0.05, 0) is 25.0 Å². The van der Waals surface area contributed by atoms with Gasteiger partial charge < -0.3 is 10.2 Å². The molecule has 23 heavy (non-hydrogen) atoms. The summed E-state index contributed by atoms with van der Waals surface area (Å²) in [5.41, 5.74) is 0.140. The quantitative estimate of drug-likeness (QED) is 0.862. The molecule has 0 saturated carbocycles. The third-order valence-electron chi connectivity index (χ3n) is 4.00.